The van der Waals surface area contributed by atoms with Gasteiger partial charge in [-0.05, 0) is 56.2 Å². The molecule has 0 amide bonds. The zero-order chi connectivity index (χ0) is 36.9. The van der Waals surface area contributed by atoms with E-state index in [1.165, 1.54) is 41.6 Å². The molecule has 7 heteroatoms. The summed E-state index contributed by atoms with van der Waals surface area (Å²) in [5, 5.41) is 22.2. The number of phenols is 2. The molecule has 266 valence electrons. The molecule has 6 aromatic rings. The Hall–Kier alpha value is -4.72. The maximum Gasteiger partial charge on any atom is 0.263 e. The number of fused-ring (bicyclic) bond motifs is 2. The molecule has 1 aliphatic heterocycles. The molecule has 7 rings (SSSR count). The predicted octanol–water partition coefficient (Wildman–Crippen LogP) is 9.84. The summed E-state index contributed by atoms with van der Waals surface area (Å²) in [5.74, 6) is 0.598. The normalized spacial score (nSPS) is 14.0. The van der Waals surface area contributed by atoms with Crippen LogP contribution in [-0.2, 0) is 6.54 Å². The Morgan fingerprint density at radius 2 is 1.27 bits per heavy atom. The van der Waals surface area contributed by atoms with Gasteiger partial charge in [0.25, 0.3) is 5.01 Å². The Morgan fingerprint density at radius 3 is 1.77 bits per heavy atom. The van der Waals surface area contributed by atoms with Crippen LogP contribution in [0.2, 0.25) is 5.31 Å². The summed E-state index contributed by atoms with van der Waals surface area (Å²) < 4.78 is 3.42. The van der Waals surface area contributed by atoms with Crippen LogP contribution in [0, 0.1) is 0 Å². The number of anilines is 1. The smallest absolute Gasteiger partial charge is 0.263 e. The number of allylic oxidation sites excluding steroid dienone is 2. The number of rotatable bonds is 8. The number of hydrogen-bond acceptors (Lipinski definition) is 5. The first-order valence-corrected chi connectivity index (χ1v) is 19.9. The molecular weight excluding hydrogens is 675 g/mol. The van der Waals surface area contributed by atoms with E-state index in [4.69, 9.17) is 0 Å². The number of aromatic nitrogens is 1. The van der Waals surface area contributed by atoms with Gasteiger partial charge in [-0.1, -0.05) is 142 Å². The number of benzene rings is 5. The van der Waals surface area contributed by atoms with Crippen molar-refractivity contribution in [2.45, 2.75) is 64.7 Å². The average Bonchev–Trinajstić information content (AvgIpc) is 3.68. The molecular formula is C45H49BN2O2S2. The Labute approximate surface area is 317 Å². The number of aromatic hydroxyl groups is 2. The molecule has 1 aliphatic rings. The van der Waals surface area contributed by atoms with E-state index in [1.807, 2.05) is 24.3 Å². The van der Waals surface area contributed by atoms with Crippen LogP contribution in [0.15, 0.2) is 149 Å². The van der Waals surface area contributed by atoms with E-state index in [0.717, 1.165) is 30.7 Å². The van der Waals surface area contributed by atoms with Crippen molar-refractivity contribution in [3.8, 4) is 11.5 Å². The molecule has 0 atom stereocenters. The summed E-state index contributed by atoms with van der Waals surface area (Å²) in [7, 11) is 0. The summed E-state index contributed by atoms with van der Waals surface area (Å²) in [6, 6.07) is 44.1. The van der Waals surface area contributed by atoms with Crippen LogP contribution in [0.25, 0.3) is 16.3 Å². The molecule has 0 spiro atoms. The van der Waals surface area contributed by atoms with Crippen molar-refractivity contribution in [1.29, 1.82) is 0 Å². The van der Waals surface area contributed by atoms with Gasteiger partial charge in [-0.15, -0.1) is 5.31 Å². The molecule has 0 radical (unpaired) electrons. The quantitative estimate of drug-likeness (QED) is 0.121. The summed E-state index contributed by atoms with van der Waals surface area (Å²) in [5.41, 5.74) is 7.59. The minimum absolute atomic E-state index is 0.0874. The fraction of sp³-hybridized carbons (Fsp3) is 0.222. The van der Waals surface area contributed by atoms with Gasteiger partial charge in [-0.2, -0.15) is 21.0 Å². The molecule has 4 nitrogen and oxygen atoms in total. The molecule has 2 N–H and O–H groups in total. The largest absolute Gasteiger partial charge is 0.508 e. The Balaban J connectivity index is 0.000000183. The third-order valence-electron chi connectivity index (χ3n) is 10.3. The van der Waals surface area contributed by atoms with Crippen LogP contribution in [0.1, 0.15) is 53.0 Å². The van der Waals surface area contributed by atoms with E-state index in [2.05, 4.69) is 154 Å². The summed E-state index contributed by atoms with van der Waals surface area (Å²) in [6.07, 6.45) is 4.38. The first kappa shape index (κ1) is 37.1. The molecule has 0 unspecified atom stereocenters. The highest BCUT2D eigenvalue weighted by molar-refractivity contribution is 8.03. The van der Waals surface area contributed by atoms with E-state index >= 15 is 0 Å². The van der Waals surface area contributed by atoms with Gasteiger partial charge in [-0.3, -0.25) is 0 Å². The molecule has 0 saturated heterocycles. The second kappa shape index (κ2) is 15.9. The lowest BCUT2D eigenvalue weighted by Gasteiger charge is -2.54. The number of hydrogen-bond donors (Lipinski definition) is 2. The van der Waals surface area contributed by atoms with E-state index in [9.17, 15) is 10.2 Å². The van der Waals surface area contributed by atoms with Crippen molar-refractivity contribution in [3.05, 3.63) is 149 Å². The summed E-state index contributed by atoms with van der Waals surface area (Å²) in [4.78, 5) is 3.42. The molecule has 5 aromatic carbocycles. The van der Waals surface area contributed by atoms with Gasteiger partial charge in [-0.25, -0.2) is 0 Å². The number of thioether (sulfide) groups is 1. The van der Waals surface area contributed by atoms with Gasteiger partial charge in [0, 0.05) is 23.6 Å². The van der Waals surface area contributed by atoms with E-state index in [-0.39, 0.29) is 5.31 Å². The lowest BCUT2D eigenvalue weighted by Crippen LogP contribution is -2.72. The molecule has 0 fully saturated rings. The van der Waals surface area contributed by atoms with Gasteiger partial charge >= 0.3 is 0 Å². The van der Waals surface area contributed by atoms with Crippen molar-refractivity contribution in [3.63, 3.8) is 0 Å². The summed E-state index contributed by atoms with van der Waals surface area (Å²) in [6.45, 7) is 15.2. The molecule has 0 saturated carbocycles. The molecule has 0 bridgehead atoms. The van der Waals surface area contributed by atoms with Gasteiger partial charge in [0.15, 0.2) is 0 Å². The Kier molecular flexibility index (Phi) is 11.3. The van der Waals surface area contributed by atoms with Crippen LogP contribution in [0.4, 0.5) is 5.69 Å². The number of aryl methyl sites for hydroxylation is 1. The van der Waals surface area contributed by atoms with Gasteiger partial charge < -0.3 is 15.1 Å². The average molecular weight is 725 g/mol. The monoisotopic (exact) mass is 724 g/mol. The minimum Gasteiger partial charge on any atom is -0.508 e. The minimum atomic E-state index is -1.06. The highest BCUT2D eigenvalue weighted by Gasteiger charge is 2.39. The van der Waals surface area contributed by atoms with Gasteiger partial charge in [0.1, 0.15) is 22.7 Å². The Morgan fingerprint density at radius 1 is 0.731 bits per heavy atom. The predicted molar refractivity (Wildman–Crippen MR) is 226 cm³/mol. The maximum absolute atomic E-state index is 9.88. The number of nitrogens with zero attached hydrogens (tertiary/aromatic N) is 2. The Bertz CT molecular complexity index is 2090. The fourth-order valence-electron chi connectivity index (χ4n) is 7.91. The van der Waals surface area contributed by atoms with Crippen LogP contribution in [-0.4, -0.2) is 22.9 Å². The fourth-order valence-corrected chi connectivity index (χ4v) is 10.3. The van der Waals surface area contributed by atoms with Gasteiger partial charge in [0.05, 0.1) is 22.9 Å². The number of phenolic OH excluding ortho intramolecular Hbond substituents is 2. The third kappa shape index (κ3) is 7.30. The van der Waals surface area contributed by atoms with Crippen molar-refractivity contribution in [1.82, 2.24) is 0 Å². The lowest BCUT2D eigenvalue weighted by atomic mass is 9.07. The topological polar surface area (TPSA) is 47.6 Å². The van der Waals surface area contributed by atoms with Crippen LogP contribution >= 0.6 is 23.1 Å². The molecule has 2 heterocycles. The van der Waals surface area contributed by atoms with Crippen molar-refractivity contribution >= 4 is 67.6 Å². The SMILES string of the molecule is CC(C)(C)[B-](c1ccccc1)(c1ccccc1)c1ccccc1.CCC(/C=C1\Sc2ccc(O)cc2N1CC)=C\c1sc2ccc(O)cc2[n+]1CC. The van der Waals surface area contributed by atoms with E-state index in [0.29, 0.717) is 11.5 Å². The molecule has 0 aliphatic carbocycles. The van der Waals surface area contributed by atoms with Gasteiger partial charge in [0.2, 0.25) is 5.52 Å². The van der Waals surface area contributed by atoms with E-state index in [1.54, 1.807) is 35.2 Å². The molecule has 52 heavy (non-hydrogen) atoms. The highest BCUT2D eigenvalue weighted by atomic mass is 32.2. The standard InChI is InChI=1S/C23H24N2O2S2.C22H24B/c1-4-15(11-22-24(5-2)18-13-16(26)7-9-20(18)28-22)12-23-25(6-3)19-14-17(27)8-10-21(19)29-23;1-22(2,3)23(19-13-7-4-8-14-19,20-15-9-5-10-16-20)21-17-11-6-12-18-21/h7-14H,4-6H2,1-3H3,(H-,26,27);4-18H,1-3H3/q;-1/p+1. The maximum atomic E-state index is 9.88. The highest BCUT2D eigenvalue weighted by Crippen LogP contribution is 2.47. The van der Waals surface area contributed by atoms with Crippen molar-refractivity contribution in [2.75, 3.05) is 11.4 Å². The molecule has 1 aromatic heterocycles. The van der Waals surface area contributed by atoms with Crippen LogP contribution in [0.5, 0.6) is 11.5 Å². The second-order valence-corrected chi connectivity index (χ2v) is 16.5. The zero-order valence-electron chi connectivity index (χ0n) is 31.1. The van der Waals surface area contributed by atoms with E-state index < -0.39 is 6.15 Å². The van der Waals surface area contributed by atoms with Crippen LogP contribution < -0.4 is 25.9 Å². The number of thiazole rings is 1. The summed E-state index contributed by atoms with van der Waals surface area (Å²) >= 11 is 3.49. The van der Waals surface area contributed by atoms with Crippen molar-refractivity contribution in [2.24, 2.45) is 0 Å². The van der Waals surface area contributed by atoms with Crippen LogP contribution in [0.3, 0.4) is 0 Å². The third-order valence-corrected chi connectivity index (χ3v) is 12.5. The van der Waals surface area contributed by atoms with Crippen molar-refractivity contribution < 1.29 is 14.8 Å². The first-order chi connectivity index (χ1) is 25.1. The second-order valence-electron chi connectivity index (χ2n) is 14.4. The first-order valence-electron chi connectivity index (χ1n) is 18.3. The zero-order valence-corrected chi connectivity index (χ0v) is 32.7. The lowest BCUT2D eigenvalue weighted by molar-refractivity contribution is -0.665.